The number of hydrogen-bond acceptors (Lipinski definition) is 4. The second-order valence-electron chi connectivity index (χ2n) is 10.1. The second kappa shape index (κ2) is 12.5. The molecule has 0 spiro atoms. The van der Waals surface area contributed by atoms with E-state index >= 15 is 0 Å². The van der Waals surface area contributed by atoms with Crippen molar-refractivity contribution < 1.29 is 14.0 Å². The highest BCUT2D eigenvalue weighted by Crippen LogP contribution is 2.32. The number of aromatic nitrogens is 1. The molecule has 38 heavy (non-hydrogen) atoms. The zero-order valence-corrected chi connectivity index (χ0v) is 22.9. The molecular weight excluding hydrogens is 479 g/mol. The van der Waals surface area contributed by atoms with Gasteiger partial charge in [-0.15, -0.1) is 0 Å². The lowest BCUT2D eigenvalue weighted by Gasteiger charge is -2.41. The minimum absolute atomic E-state index is 0.116. The third-order valence-corrected chi connectivity index (χ3v) is 6.60. The Kier molecular flexibility index (Phi) is 9.40. The molecule has 1 aliphatic heterocycles. The summed E-state index contributed by atoms with van der Waals surface area (Å²) < 4.78 is 15.0. The van der Waals surface area contributed by atoms with Gasteiger partial charge >= 0.3 is 0 Å². The number of allylic oxidation sites excluding steroid dienone is 1. The Labute approximate surface area is 224 Å². The van der Waals surface area contributed by atoms with Crippen LogP contribution in [0.25, 0.3) is 0 Å². The normalized spacial score (nSPS) is 17.0. The summed E-state index contributed by atoms with van der Waals surface area (Å²) in [7, 11) is 1.82. The summed E-state index contributed by atoms with van der Waals surface area (Å²) in [5.41, 5.74) is 9.86. The number of benzene rings is 2. The van der Waals surface area contributed by atoms with Gasteiger partial charge in [0, 0.05) is 43.4 Å². The number of carbonyl (C=O) groups is 2. The van der Waals surface area contributed by atoms with Gasteiger partial charge in [-0.3, -0.25) is 14.6 Å². The summed E-state index contributed by atoms with van der Waals surface area (Å²) in [6.45, 7) is 8.51. The van der Waals surface area contributed by atoms with Crippen LogP contribution >= 0.6 is 0 Å². The number of Topliss-reactive ketones (excluding diaryl/α,β-unsaturated/α-hetero) is 1. The average molecular weight is 517 g/mol. The summed E-state index contributed by atoms with van der Waals surface area (Å²) in [5, 5.41) is 0. The standard InChI is InChI=1S/C23H27FN4O2.C8H10/c1-15(29)20(25)18-13-28(22(30)19-6-5-11-27(19)4)14-23(2,3)21(18)26-12-16-7-9-17(24)10-8-16;1-2-8-6-4-3-5-7-8/h5-11H,12-14,25H2,1-4H3;3-7H,2H2,1H3/b20-18-,26-21?;. The van der Waals surface area contributed by atoms with E-state index in [0.29, 0.717) is 30.1 Å². The fourth-order valence-corrected chi connectivity index (χ4v) is 4.48. The van der Waals surface area contributed by atoms with Crippen molar-refractivity contribution in [1.82, 2.24) is 9.47 Å². The molecule has 0 bridgehead atoms. The van der Waals surface area contributed by atoms with E-state index in [1.807, 2.05) is 39.2 Å². The van der Waals surface area contributed by atoms with Crippen LogP contribution in [0.15, 0.2) is 89.2 Å². The van der Waals surface area contributed by atoms with Crippen molar-refractivity contribution in [3.63, 3.8) is 0 Å². The minimum Gasteiger partial charge on any atom is -0.396 e. The van der Waals surface area contributed by atoms with E-state index in [-0.39, 0.29) is 29.7 Å². The molecule has 0 atom stereocenters. The molecule has 2 aromatic carbocycles. The Morgan fingerprint density at radius 3 is 2.18 bits per heavy atom. The smallest absolute Gasteiger partial charge is 0.270 e. The number of amides is 1. The predicted molar refractivity (Wildman–Crippen MR) is 150 cm³/mol. The lowest BCUT2D eigenvalue weighted by atomic mass is 9.78. The van der Waals surface area contributed by atoms with Crippen molar-refractivity contribution in [2.45, 2.75) is 40.7 Å². The molecule has 4 rings (SSSR count). The Bertz CT molecular complexity index is 1320. The Balaban J connectivity index is 0.000000427. The molecule has 2 N–H and O–H groups in total. The van der Waals surface area contributed by atoms with Crippen LogP contribution in [-0.4, -0.2) is 40.0 Å². The number of halogens is 1. The molecule has 1 amide bonds. The minimum atomic E-state index is -0.519. The van der Waals surface area contributed by atoms with Crippen molar-refractivity contribution in [2.24, 2.45) is 23.2 Å². The van der Waals surface area contributed by atoms with Crippen LogP contribution in [0.1, 0.15) is 49.3 Å². The molecule has 0 radical (unpaired) electrons. The maximum Gasteiger partial charge on any atom is 0.270 e. The molecule has 200 valence electrons. The van der Waals surface area contributed by atoms with Crippen LogP contribution in [0.4, 0.5) is 4.39 Å². The first kappa shape index (κ1) is 28.6. The summed E-state index contributed by atoms with van der Waals surface area (Å²) in [6.07, 6.45) is 2.96. The van der Waals surface area contributed by atoms with Gasteiger partial charge in [-0.25, -0.2) is 4.39 Å². The van der Waals surface area contributed by atoms with Gasteiger partial charge in [0.2, 0.25) is 0 Å². The van der Waals surface area contributed by atoms with Gasteiger partial charge in [-0.2, -0.15) is 0 Å². The number of carbonyl (C=O) groups excluding carboxylic acids is 2. The lowest BCUT2D eigenvalue weighted by molar-refractivity contribution is -0.113. The number of piperidine rings is 1. The van der Waals surface area contributed by atoms with Crippen LogP contribution in [-0.2, 0) is 24.8 Å². The van der Waals surface area contributed by atoms with Crippen LogP contribution in [0.2, 0.25) is 0 Å². The predicted octanol–water partition coefficient (Wildman–Crippen LogP) is 5.34. The second-order valence-corrected chi connectivity index (χ2v) is 10.1. The van der Waals surface area contributed by atoms with Gasteiger partial charge in [0.05, 0.1) is 18.8 Å². The first-order chi connectivity index (χ1) is 18.0. The number of hydrogen-bond donors (Lipinski definition) is 1. The zero-order chi connectivity index (χ0) is 27.9. The maximum atomic E-state index is 13.2. The first-order valence-electron chi connectivity index (χ1n) is 12.8. The topological polar surface area (TPSA) is 80.7 Å². The van der Waals surface area contributed by atoms with Crippen molar-refractivity contribution in [1.29, 1.82) is 0 Å². The molecule has 0 aliphatic carbocycles. The maximum absolute atomic E-state index is 13.2. The van der Waals surface area contributed by atoms with Crippen LogP contribution in [0.5, 0.6) is 0 Å². The van der Waals surface area contributed by atoms with E-state index in [4.69, 9.17) is 10.7 Å². The van der Waals surface area contributed by atoms with Crippen molar-refractivity contribution in [2.75, 3.05) is 13.1 Å². The SMILES string of the molecule is CC(=O)/C(N)=C1\CN(C(=O)c2cccn2C)CC(C)(C)C1=NCc1ccc(F)cc1.CCc1ccccc1. The monoisotopic (exact) mass is 516 g/mol. The number of aliphatic imine (C=N–C) groups is 1. The van der Waals surface area contributed by atoms with Crippen molar-refractivity contribution in [3.8, 4) is 0 Å². The van der Waals surface area contributed by atoms with Gasteiger partial charge in [0.1, 0.15) is 11.5 Å². The van der Waals surface area contributed by atoms with Crippen molar-refractivity contribution >= 4 is 17.4 Å². The van der Waals surface area contributed by atoms with Crippen molar-refractivity contribution in [3.05, 3.63) is 107 Å². The molecule has 7 heteroatoms. The summed E-state index contributed by atoms with van der Waals surface area (Å²) in [5.74, 6) is -0.689. The third kappa shape index (κ3) is 7.06. The molecular formula is C31H37FN4O2. The number of nitrogens with zero attached hydrogens (tertiary/aromatic N) is 3. The highest BCUT2D eigenvalue weighted by molar-refractivity contribution is 6.12. The van der Waals surface area contributed by atoms with Gasteiger partial charge in [-0.05, 0) is 41.8 Å². The fraction of sp³-hybridized carbons (Fsp3) is 0.323. The number of likely N-dealkylation sites (tertiary alicyclic amines) is 1. The molecule has 3 aromatic rings. The van der Waals surface area contributed by atoms with Crippen LogP contribution < -0.4 is 5.73 Å². The molecule has 1 fully saturated rings. The van der Waals surface area contributed by atoms with Gasteiger partial charge in [0.15, 0.2) is 5.78 Å². The summed E-state index contributed by atoms with van der Waals surface area (Å²) in [4.78, 5) is 31.7. The van der Waals surface area contributed by atoms with Crippen LogP contribution in [0, 0.1) is 11.2 Å². The van der Waals surface area contributed by atoms with E-state index < -0.39 is 5.41 Å². The molecule has 6 nitrogen and oxygen atoms in total. The Hall–Kier alpha value is -4.00. The number of rotatable bonds is 5. The van der Waals surface area contributed by atoms with E-state index in [9.17, 15) is 14.0 Å². The quantitative estimate of drug-likeness (QED) is 0.465. The summed E-state index contributed by atoms with van der Waals surface area (Å²) in [6, 6.07) is 20.2. The Morgan fingerprint density at radius 2 is 1.66 bits per heavy atom. The van der Waals surface area contributed by atoms with E-state index in [1.54, 1.807) is 27.7 Å². The molecule has 0 unspecified atom stereocenters. The summed E-state index contributed by atoms with van der Waals surface area (Å²) >= 11 is 0. The highest BCUT2D eigenvalue weighted by Gasteiger charge is 2.39. The molecule has 2 heterocycles. The fourth-order valence-electron chi connectivity index (χ4n) is 4.48. The number of aryl methyl sites for hydroxylation is 2. The molecule has 1 aliphatic rings. The average Bonchev–Trinajstić information content (AvgIpc) is 3.33. The molecule has 1 saturated heterocycles. The van der Waals surface area contributed by atoms with E-state index in [0.717, 1.165) is 12.0 Å². The number of nitrogens with two attached hydrogens (primary N) is 1. The zero-order valence-electron chi connectivity index (χ0n) is 22.9. The highest BCUT2D eigenvalue weighted by atomic mass is 19.1. The van der Waals surface area contributed by atoms with Gasteiger partial charge in [0.25, 0.3) is 5.91 Å². The van der Waals surface area contributed by atoms with E-state index in [1.165, 1.54) is 24.6 Å². The first-order valence-corrected chi connectivity index (χ1v) is 12.8. The Morgan fingerprint density at radius 1 is 1.00 bits per heavy atom. The lowest BCUT2D eigenvalue weighted by Crippen LogP contribution is -2.51. The largest absolute Gasteiger partial charge is 0.396 e. The van der Waals surface area contributed by atoms with E-state index in [2.05, 4.69) is 31.2 Å². The van der Waals surface area contributed by atoms with Gasteiger partial charge in [-0.1, -0.05) is 63.2 Å². The molecule has 0 saturated carbocycles. The molecule has 1 aromatic heterocycles. The number of ketones is 1. The third-order valence-electron chi connectivity index (χ3n) is 6.60. The van der Waals surface area contributed by atoms with Gasteiger partial charge < -0.3 is 15.2 Å². The van der Waals surface area contributed by atoms with Crippen LogP contribution in [0.3, 0.4) is 0 Å².